The molecule has 126 valence electrons. The number of rotatable bonds is 4. The first-order valence-corrected chi connectivity index (χ1v) is 7.68. The van der Waals surface area contributed by atoms with Gasteiger partial charge in [0, 0.05) is 12.1 Å². The smallest absolute Gasteiger partial charge is 0.271 e. The van der Waals surface area contributed by atoms with Crippen molar-refractivity contribution in [3.63, 3.8) is 0 Å². The van der Waals surface area contributed by atoms with Gasteiger partial charge in [-0.15, -0.1) is 0 Å². The van der Waals surface area contributed by atoms with Gasteiger partial charge in [-0.05, 0) is 38.5 Å². The van der Waals surface area contributed by atoms with Crippen LogP contribution in [0.3, 0.4) is 0 Å². The number of carbonyl (C=O) groups is 1. The molecule has 2 N–H and O–H groups in total. The predicted molar refractivity (Wildman–Crippen MR) is 89.1 cm³/mol. The monoisotopic (exact) mass is 328 g/mol. The third-order valence-corrected chi connectivity index (χ3v) is 3.28. The van der Waals surface area contributed by atoms with Crippen molar-refractivity contribution in [3.8, 4) is 11.5 Å². The van der Waals surface area contributed by atoms with Gasteiger partial charge in [0.1, 0.15) is 11.5 Å². The van der Waals surface area contributed by atoms with Crippen LogP contribution in [0.25, 0.3) is 0 Å². The highest BCUT2D eigenvalue weighted by molar-refractivity contribution is 5.92. The fraction of sp³-hybridized carbons (Fsp3) is 0.353. The van der Waals surface area contributed by atoms with Gasteiger partial charge >= 0.3 is 0 Å². The van der Waals surface area contributed by atoms with Crippen LogP contribution < -0.4 is 20.1 Å². The van der Waals surface area contributed by atoms with Gasteiger partial charge in [0.15, 0.2) is 11.5 Å². The van der Waals surface area contributed by atoms with Crippen LogP contribution in [0, 0.1) is 0 Å². The molecule has 24 heavy (non-hydrogen) atoms. The van der Waals surface area contributed by atoms with Crippen LogP contribution >= 0.6 is 0 Å². The number of benzene rings is 1. The number of nitrogens with zero attached hydrogens (tertiary/aromatic N) is 2. The number of ether oxygens (including phenoxy) is 2. The van der Waals surface area contributed by atoms with Crippen LogP contribution in [-0.4, -0.2) is 28.2 Å². The lowest BCUT2D eigenvalue weighted by molar-refractivity contribution is 0.0914. The lowest BCUT2D eigenvalue weighted by Gasteiger charge is -2.19. The minimum Gasteiger partial charge on any atom is -0.454 e. The Morgan fingerprint density at radius 3 is 2.67 bits per heavy atom. The summed E-state index contributed by atoms with van der Waals surface area (Å²) in [7, 11) is 0. The van der Waals surface area contributed by atoms with Gasteiger partial charge in [-0.25, -0.2) is 9.97 Å². The van der Waals surface area contributed by atoms with Gasteiger partial charge in [-0.2, -0.15) is 0 Å². The molecular formula is C17H20N4O3. The van der Waals surface area contributed by atoms with Crippen molar-refractivity contribution in [3.05, 3.63) is 41.9 Å². The van der Waals surface area contributed by atoms with Gasteiger partial charge < -0.3 is 20.1 Å². The summed E-state index contributed by atoms with van der Waals surface area (Å²) >= 11 is 0. The normalized spacial score (nSPS) is 12.8. The highest BCUT2D eigenvalue weighted by atomic mass is 16.7. The molecule has 0 aliphatic carbocycles. The zero-order valence-corrected chi connectivity index (χ0v) is 13.9. The Bertz CT molecular complexity index is 738. The number of nitrogens with one attached hydrogen (secondary N) is 2. The van der Waals surface area contributed by atoms with Crippen molar-refractivity contribution in [2.75, 3.05) is 12.1 Å². The molecule has 2 heterocycles. The molecule has 2 aromatic rings. The topological polar surface area (TPSA) is 85.4 Å². The standard InChI is InChI=1S/C17H20N4O3/c1-17(2,3)21-16(22)12-8-20-15(9-18-12)19-7-11-4-5-13-14(6-11)24-10-23-13/h4-6,8-9H,7,10H2,1-3H3,(H,19,20)(H,21,22). The molecule has 0 unspecified atom stereocenters. The first-order chi connectivity index (χ1) is 11.4. The Morgan fingerprint density at radius 1 is 1.17 bits per heavy atom. The van der Waals surface area contributed by atoms with Gasteiger partial charge in [0.25, 0.3) is 5.91 Å². The van der Waals surface area contributed by atoms with Crippen molar-refractivity contribution in [1.29, 1.82) is 0 Å². The Hall–Kier alpha value is -2.83. The number of hydrogen-bond acceptors (Lipinski definition) is 6. The maximum Gasteiger partial charge on any atom is 0.271 e. The van der Waals surface area contributed by atoms with E-state index in [0.29, 0.717) is 18.1 Å². The van der Waals surface area contributed by atoms with Gasteiger partial charge in [0.05, 0.1) is 12.4 Å². The second-order valence-electron chi connectivity index (χ2n) is 6.53. The van der Waals surface area contributed by atoms with E-state index in [9.17, 15) is 4.79 Å². The zero-order chi connectivity index (χ0) is 17.2. The van der Waals surface area contributed by atoms with Crippen LogP contribution in [-0.2, 0) is 6.54 Å². The van der Waals surface area contributed by atoms with Crippen molar-refractivity contribution >= 4 is 11.7 Å². The molecule has 3 rings (SSSR count). The molecule has 1 aromatic carbocycles. The molecular weight excluding hydrogens is 308 g/mol. The lowest BCUT2D eigenvalue weighted by atomic mass is 10.1. The molecule has 1 aliphatic heterocycles. The fourth-order valence-corrected chi connectivity index (χ4v) is 2.18. The minimum atomic E-state index is -0.310. The van der Waals surface area contributed by atoms with Gasteiger partial charge in [-0.1, -0.05) is 6.07 Å². The zero-order valence-electron chi connectivity index (χ0n) is 13.9. The maximum atomic E-state index is 12.0. The Morgan fingerprint density at radius 2 is 1.96 bits per heavy atom. The second-order valence-corrected chi connectivity index (χ2v) is 6.53. The number of anilines is 1. The lowest BCUT2D eigenvalue weighted by Crippen LogP contribution is -2.40. The summed E-state index contributed by atoms with van der Waals surface area (Å²) in [6, 6.07) is 5.76. The molecule has 0 fully saturated rings. The highest BCUT2D eigenvalue weighted by Gasteiger charge is 2.16. The van der Waals surface area contributed by atoms with E-state index in [1.54, 1.807) is 6.20 Å². The van der Waals surface area contributed by atoms with E-state index < -0.39 is 0 Å². The third kappa shape index (κ3) is 3.92. The molecule has 1 amide bonds. The van der Waals surface area contributed by atoms with Crippen LogP contribution in [0.1, 0.15) is 36.8 Å². The summed E-state index contributed by atoms with van der Waals surface area (Å²) in [6.45, 7) is 6.58. The van der Waals surface area contributed by atoms with E-state index in [2.05, 4.69) is 20.6 Å². The van der Waals surface area contributed by atoms with E-state index in [-0.39, 0.29) is 18.2 Å². The van der Waals surface area contributed by atoms with Crippen molar-refractivity contribution < 1.29 is 14.3 Å². The van der Waals surface area contributed by atoms with Crippen LogP contribution in [0.4, 0.5) is 5.82 Å². The Balaban J connectivity index is 1.59. The van der Waals surface area contributed by atoms with E-state index in [1.807, 2.05) is 39.0 Å². The first-order valence-electron chi connectivity index (χ1n) is 7.68. The van der Waals surface area contributed by atoms with Crippen LogP contribution in [0.15, 0.2) is 30.6 Å². The van der Waals surface area contributed by atoms with Crippen molar-refractivity contribution in [2.45, 2.75) is 32.9 Å². The summed E-state index contributed by atoms with van der Waals surface area (Å²) in [6.07, 6.45) is 3.01. The van der Waals surface area contributed by atoms with Gasteiger partial charge in [-0.3, -0.25) is 4.79 Å². The van der Waals surface area contributed by atoms with Crippen LogP contribution in [0.2, 0.25) is 0 Å². The molecule has 0 bridgehead atoms. The fourth-order valence-electron chi connectivity index (χ4n) is 2.18. The molecule has 0 saturated heterocycles. The molecule has 1 aliphatic rings. The van der Waals surface area contributed by atoms with Crippen LogP contribution in [0.5, 0.6) is 11.5 Å². The first kappa shape index (κ1) is 16.0. The molecule has 0 spiro atoms. The number of hydrogen-bond donors (Lipinski definition) is 2. The second kappa shape index (κ2) is 6.35. The number of fused-ring (bicyclic) bond motifs is 1. The average Bonchev–Trinajstić information content (AvgIpc) is 2.99. The number of aromatic nitrogens is 2. The van der Waals surface area contributed by atoms with Gasteiger partial charge in [0.2, 0.25) is 6.79 Å². The summed E-state index contributed by atoms with van der Waals surface area (Å²) in [5.41, 5.74) is 1.02. The third-order valence-electron chi connectivity index (χ3n) is 3.28. The summed E-state index contributed by atoms with van der Waals surface area (Å²) in [5, 5.41) is 6.01. The van der Waals surface area contributed by atoms with E-state index in [1.165, 1.54) is 6.20 Å². The number of amides is 1. The molecule has 1 aromatic heterocycles. The quantitative estimate of drug-likeness (QED) is 0.896. The van der Waals surface area contributed by atoms with Crippen molar-refractivity contribution in [2.24, 2.45) is 0 Å². The van der Waals surface area contributed by atoms with E-state index >= 15 is 0 Å². The highest BCUT2D eigenvalue weighted by Crippen LogP contribution is 2.32. The Kier molecular flexibility index (Phi) is 4.24. The molecule has 7 nitrogen and oxygen atoms in total. The van der Waals surface area contributed by atoms with E-state index in [4.69, 9.17) is 9.47 Å². The molecule has 7 heteroatoms. The predicted octanol–water partition coefficient (Wildman–Crippen LogP) is 2.35. The summed E-state index contributed by atoms with van der Waals surface area (Å²) in [5.74, 6) is 1.86. The molecule has 0 saturated carbocycles. The largest absolute Gasteiger partial charge is 0.454 e. The van der Waals surface area contributed by atoms with Crippen molar-refractivity contribution in [1.82, 2.24) is 15.3 Å². The Labute approximate surface area is 140 Å². The molecule has 0 atom stereocenters. The molecule has 0 radical (unpaired) electrons. The minimum absolute atomic E-state index is 0.239. The number of carbonyl (C=O) groups excluding carboxylic acids is 1. The summed E-state index contributed by atoms with van der Waals surface area (Å²) < 4.78 is 10.6. The average molecular weight is 328 g/mol. The maximum absolute atomic E-state index is 12.0. The summed E-state index contributed by atoms with van der Waals surface area (Å²) in [4.78, 5) is 20.4. The van der Waals surface area contributed by atoms with E-state index in [0.717, 1.165) is 17.1 Å². The SMILES string of the molecule is CC(C)(C)NC(=O)c1cnc(NCc2ccc3c(c2)OCO3)cn1.